The molecule has 0 saturated carbocycles. The molecule has 72 valence electrons. The Morgan fingerprint density at radius 1 is 1.15 bits per heavy atom. The number of phenolic OH excluding ortho intramolecular Hbond substituents is 1. The molecule has 0 aliphatic rings. The van der Waals surface area contributed by atoms with Gasteiger partial charge in [-0.3, -0.25) is 0 Å². The summed E-state index contributed by atoms with van der Waals surface area (Å²) in [6.07, 6.45) is 0. The third-order valence-electron chi connectivity index (χ3n) is 1.51. The third kappa shape index (κ3) is 4.38. The van der Waals surface area contributed by atoms with E-state index in [1.54, 1.807) is 12.1 Å². The lowest BCUT2D eigenvalue weighted by Crippen LogP contribution is -2.23. The van der Waals surface area contributed by atoms with Gasteiger partial charge in [0, 0.05) is 4.90 Å². The summed E-state index contributed by atoms with van der Waals surface area (Å²) in [4.78, 5) is 1.25. The maximum atomic E-state index is 9.08. The minimum absolute atomic E-state index is 0.345. The Hall–Kier alpha value is -0.413. The molecule has 0 spiro atoms. The second kappa shape index (κ2) is 4.20. The van der Waals surface area contributed by atoms with Crippen LogP contribution in [-0.2, 0) is 0 Å². The van der Waals surface area contributed by atoms with Crippen molar-refractivity contribution in [3.05, 3.63) is 24.3 Å². The van der Waals surface area contributed by atoms with E-state index in [1.807, 2.05) is 23.9 Å². The van der Waals surface area contributed by atoms with Crippen LogP contribution in [-0.4, -0.2) is 18.6 Å². The first-order valence-electron chi connectivity index (χ1n) is 4.39. The monoisotopic (exact) mass is 212 g/mol. The first-order valence-corrected chi connectivity index (χ1v) is 9.08. The Morgan fingerprint density at radius 3 is 2.15 bits per heavy atom. The van der Waals surface area contributed by atoms with Gasteiger partial charge in [-0.25, -0.2) is 0 Å². The summed E-state index contributed by atoms with van der Waals surface area (Å²) in [5.74, 6) is 0.345. The van der Waals surface area contributed by atoms with Crippen LogP contribution in [0.1, 0.15) is 0 Å². The van der Waals surface area contributed by atoms with E-state index in [0.717, 1.165) is 0 Å². The lowest BCUT2D eigenvalue weighted by Gasteiger charge is -2.14. The van der Waals surface area contributed by atoms with Crippen LogP contribution in [0.4, 0.5) is 0 Å². The third-order valence-corrected chi connectivity index (χ3v) is 6.16. The summed E-state index contributed by atoms with van der Waals surface area (Å²) in [6.45, 7) is 7.08. The molecule has 0 unspecified atom stereocenters. The highest BCUT2D eigenvalue weighted by atomic mass is 32.2. The predicted octanol–water partition coefficient (Wildman–Crippen LogP) is 3.36. The highest BCUT2D eigenvalue weighted by Gasteiger charge is 2.12. The van der Waals surface area contributed by atoms with Crippen molar-refractivity contribution in [2.75, 3.05) is 5.38 Å². The van der Waals surface area contributed by atoms with Gasteiger partial charge in [-0.05, 0) is 29.6 Å². The van der Waals surface area contributed by atoms with Crippen LogP contribution >= 0.6 is 11.8 Å². The van der Waals surface area contributed by atoms with Gasteiger partial charge in [0.2, 0.25) is 0 Å². The van der Waals surface area contributed by atoms with E-state index in [-0.39, 0.29) is 0 Å². The molecule has 1 aromatic carbocycles. The molecule has 1 nitrogen and oxygen atoms in total. The molecule has 13 heavy (non-hydrogen) atoms. The maximum Gasteiger partial charge on any atom is 0.115 e. The van der Waals surface area contributed by atoms with Crippen molar-refractivity contribution in [3.8, 4) is 5.75 Å². The minimum Gasteiger partial charge on any atom is -0.508 e. The van der Waals surface area contributed by atoms with Crippen molar-refractivity contribution >= 4 is 19.8 Å². The fourth-order valence-electron chi connectivity index (χ4n) is 0.842. The number of benzene rings is 1. The Morgan fingerprint density at radius 2 is 1.69 bits per heavy atom. The van der Waals surface area contributed by atoms with Crippen LogP contribution in [0.3, 0.4) is 0 Å². The van der Waals surface area contributed by atoms with E-state index in [4.69, 9.17) is 5.11 Å². The van der Waals surface area contributed by atoms with Crippen LogP contribution in [0.5, 0.6) is 5.75 Å². The molecular formula is C10H16OSSi. The first-order chi connectivity index (χ1) is 5.97. The lowest BCUT2D eigenvalue weighted by atomic mass is 10.3. The van der Waals surface area contributed by atoms with Crippen LogP contribution in [0.25, 0.3) is 0 Å². The predicted molar refractivity (Wildman–Crippen MR) is 62.2 cm³/mol. The van der Waals surface area contributed by atoms with Crippen molar-refractivity contribution in [2.45, 2.75) is 24.5 Å². The molecule has 0 fully saturated rings. The van der Waals surface area contributed by atoms with Gasteiger partial charge in [0.15, 0.2) is 0 Å². The van der Waals surface area contributed by atoms with Crippen molar-refractivity contribution < 1.29 is 5.11 Å². The molecule has 1 rings (SSSR count). The second-order valence-electron chi connectivity index (χ2n) is 4.34. The molecular weight excluding hydrogens is 196 g/mol. The smallest absolute Gasteiger partial charge is 0.115 e. The lowest BCUT2D eigenvalue weighted by molar-refractivity contribution is 0.475. The summed E-state index contributed by atoms with van der Waals surface area (Å²) in [5.41, 5.74) is 0. The molecule has 3 heteroatoms. The van der Waals surface area contributed by atoms with Crippen LogP contribution in [0.15, 0.2) is 29.2 Å². The first kappa shape index (κ1) is 10.7. The standard InChI is InChI=1S/C10H16OSSi/c1-13(2,3)8-12-10-6-4-9(11)5-7-10/h4-7,11H,8H2,1-3H3. The van der Waals surface area contributed by atoms with Gasteiger partial charge in [-0.15, -0.1) is 11.8 Å². The van der Waals surface area contributed by atoms with Crippen LogP contribution in [0.2, 0.25) is 19.6 Å². The van der Waals surface area contributed by atoms with E-state index >= 15 is 0 Å². The summed E-state index contributed by atoms with van der Waals surface area (Å²) >= 11 is 1.89. The Kier molecular flexibility index (Phi) is 3.45. The zero-order chi connectivity index (χ0) is 9.90. The largest absolute Gasteiger partial charge is 0.508 e. The van der Waals surface area contributed by atoms with Gasteiger partial charge in [-0.1, -0.05) is 19.6 Å². The van der Waals surface area contributed by atoms with Gasteiger partial charge < -0.3 is 5.11 Å². The highest BCUT2D eigenvalue weighted by Crippen LogP contribution is 2.23. The maximum absolute atomic E-state index is 9.08. The number of hydrogen-bond donors (Lipinski definition) is 1. The summed E-state index contributed by atoms with van der Waals surface area (Å²) in [7, 11) is -0.953. The average Bonchev–Trinajstić information content (AvgIpc) is 2.02. The topological polar surface area (TPSA) is 20.2 Å². The molecule has 0 aliphatic carbocycles. The molecule has 0 saturated heterocycles. The van der Waals surface area contributed by atoms with Crippen molar-refractivity contribution in [3.63, 3.8) is 0 Å². The van der Waals surface area contributed by atoms with Gasteiger partial charge in [0.25, 0.3) is 0 Å². The highest BCUT2D eigenvalue weighted by molar-refractivity contribution is 8.01. The zero-order valence-corrected chi connectivity index (χ0v) is 10.2. The Bertz CT molecular complexity index is 263. The fourth-order valence-corrected chi connectivity index (χ4v) is 3.57. The van der Waals surface area contributed by atoms with Crippen molar-refractivity contribution in [1.82, 2.24) is 0 Å². The number of thioether (sulfide) groups is 1. The van der Waals surface area contributed by atoms with Gasteiger partial charge in [0.1, 0.15) is 5.75 Å². The van der Waals surface area contributed by atoms with Crippen LogP contribution in [0, 0.1) is 0 Å². The second-order valence-corrected chi connectivity index (χ2v) is 11.4. The molecule has 0 bridgehead atoms. The number of hydrogen-bond acceptors (Lipinski definition) is 2. The zero-order valence-electron chi connectivity index (χ0n) is 8.37. The minimum atomic E-state index is -0.953. The van der Waals surface area contributed by atoms with E-state index in [2.05, 4.69) is 19.6 Å². The molecule has 0 radical (unpaired) electrons. The van der Waals surface area contributed by atoms with E-state index < -0.39 is 8.07 Å². The number of phenols is 1. The quantitative estimate of drug-likeness (QED) is 0.612. The van der Waals surface area contributed by atoms with Gasteiger partial charge >= 0.3 is 0 Å². The normalized spacial score (nSPS) is 11.6. The average molecular weight is 212 g/mol. The molecule has 0 amide bonds. The molecule has 1 aromatic rings. The number of rotatable bonds is 3. The van der Waals surface area contributed by atoms with E-state index in [9.17, 15) is 0 Å². The Labute approximate surface area is 85.2 Å². The Balaban J connectivity index is 2.51. The van der Waals surface area contributed by atoms with Gasteiger partial charge in [0.05, 0.1) is 8.07 Å². The number of aromatic hydroxyl groups is 1. The summed E-state index contributed by atoms with van der Waals surface area (Å²) < 4.78 is 0. The molecule has 0 aromatic heterocycles. The van der Waals surface area contributed by atoms with E-state index in [0.29, 0.717) is 5.75 Å². The molecule has 0 aliphatic heterocycles. The van der Waals surface area contributed by atoms with Gasteiger partial charge in [-0.2, -0.15) is 0 Å². The van der Waals surface area contributed by atoms with Crippen LogP contribution < -0.4 is 0 Å². The molecule has 0 heterocycles. The SMILES string of the molecule is C[Si](C)(C)CSc1ccc(O)cc1. The molecule has 0 atom stereocenters. The van der Waals surface area contributed by atoms with Crippen molar-refractivity contribution in [1.29, 1.82) is 0 Å². The van der Waals surface area contributed by atoms with E-state index in [1.165, 1.54) is 10.3 Å². The molecule has 1 N–H and O–H groups in total. The summed E-state index contributed by atoms with van der Waals surface area (Å²) in [6, 6.07) is 7.43. The fraction of sp³-hybridized carbons (Fsp3) is 0.400. The van der Waals surface area contributed by atoms with Crippen molar-refractivity contribution in [2.24, 2.45) is 0 Å². The summed E-state index contributed by atoms with van der Waals surface area (Å²) in [5, 5.41) is 10.3.